The Hall–Kier alpha value is -2.64. The Balaban J connectivity index is 1.49. The molecule has 7 heteroatoms. The van der Waals surface area contributed by atoms with Crippen molar-refractivity contribution >= 4 is 34.5 Å². The number of aromatic nitrogens is 2. The largest absolute Gasteiger partial charge is 0.372 e. The molecule has 31 heavy (non-hydrogen) atoms. The molecule has 0 radical (unpaired) electrons. The molecule has 0 saturated carbocycles. The van der Waals surface area contributed by atoms with Crippen LogP contribution in [-0.2, 0) is 16.1 Å². The first-order chi connectivity index (χ1) is 15.0. The van der Waals surface area contributed by atoms with E-state index in [1.807, 2.05) is 36.4 Å². The number of carbonyl (C=O) groups is 1. The first-order valence-electron chi connectivity index (χ1n) is 10.6. The lowest BCUT2D eigenvalue weighted by Crippen LogP contribution is -2.46. The third kappa shape index (κ3) is 5.54. The smallest absolute Gasteiger partial charge is 0.230 e. The topological polar surface area (TPSA) is 67.4 Å². The molecule has 0 aliphatic carbocycles. The second-order valence-corrected chi connectivity index (χ2v) is 9.02. The maximum absolute atomic E-state index is 12.5. The summed E-state index contributed by atoms with van der Waals surface area (Å²) in [6.07, 6.45) is 0.236. The molecule has 162 valence electrons. The Morgan fingerprint density at radius 1 is 1.06 bits per heavy atom. The molecule has 1 saturated heterocycles. The van der Waals surface area contributed by atoms with Crippen LogP contribution in [0.25, 0.3) is 11.0 Å². The van der Waals surface area contributed by atoms with Gasteiger partial charge < -0.3 is 15.0 Å². The fraction of sp³-hybridized carbons (Fsp3) is 0.375. The van der Waals surface area contributed by atoms with Gasteiger partial charge in [0.2, 0.25) is 5.91 Å². The number of nitrogens with zero attached hydrogens (tertiary/aromatic N) is 3. The normalized spacial score (nSPS) is 18.9. The number of morpholine rings is 1. The van der Waals surface area contributed by atoms with Gasteiger partial charge in [0, 0.05) is 19.6 Å². The van der Waals surface area contributed by atoms with Gasteiger partial charge in [0.15, 0.2) is 5.82 Å². The molecule has 3 aromatic rings. The Labute approximate surface area is 187 Å². The number of thioether (sulfide) groups is 1. The molecule has 2 atom stereocenters. The molecule has 1 aromatic heterocycles. The number of amides is 1. The van der Waals surface area contributed by atoms with Crippen LogP contribution in [0.15, 0.2) is 53.6 Å². The summed E-state index contributed by atoms with van der Waals surface area (Å²) in [6, 6.07) is 16.0. The molecule has 0 bridgehead atoms. The molecular weight excluding hydrogens is 408 g/mol. The highest BCUT2D eigenvalue weighted by Crippen LogP contribution is 2.31. The lowest BCUT2D eigenvalue weighted by molar-refractivity contribution is -0.118. The zero-order chi connectivity index (χ0) is 21.8. The molecule has 1 amide bonds. The highest BCUT2D eigenvalue weighted by atomic mass is 32.2. The highest BCUT2D eigenvalue weighted by Gasteiger charge is 2.26. The van der Waals surface area contributed by atoms with Crippen molar-refractivity contribution in [3.05, 3.63) is 59.7 Å². The monoisotopic (exact) mass is 436 g/mol. The maximum atomic E-state index is 12.5. The second kappa shape index (κ2) is 9.66. The van der Waals surface area contributed by atoms with Gasteiger partial charge in [0.05, 0.1) is 29.0 Å². The molecule has 0 unspecified atom stereocenters. The summed E-state index contributed by atoms with van der Waals surface area (Å²) >= 11 is 1.44. The summed E-state index contributed by atoms with van der Waals surface area (Å²) in [7, 11) is 0. The van der Waals surface area contributed by atoms with Crippen LogP contribution < -0.4 is 10.2 Å². The summed E-state index contributed by atoms with van der Waals surface area (Å²) in [5, 5.41) is 3.78. The Bertz CT molecular complexity index is 1050. The third-order valence-corrected chi connectivity index (χ3v) is 6.14. The molecule has 1 N–H and O–H groups in total. The number of hydrogen-bond donors (Lipinski definition) is 1. The number of aryl methyl sites for hydroxylation is 1. The van der Waals surface area contributed by atoms with Crippen molar-refractivity contribution in [2.24, 2.45) is 0 Å². The number of anilines is 1. The first kappa shape index (κ1) is 21.6. The number of para-hydroxylation sites is 2. The van der Waals surface area contributed by atoms with E-state index in [1.54, 1.807) is 0 Å². The van der Waals surface area contributed by atoms with Gasteiger partial charge in [-0.2, -0.15) is 0 Å². The number of benzene rings is 2. The lowest BCUT2D eigenvalue weighted by Gasteiger charge is -2.36. The predicted octanol–water partition coefficient (Wildman–Crippen LogP) is 3.96. The zero-order valence-electron chi connectivity index (χ0n) is 18.2. The second-order valence-electron chi connectivity index (χ2n) is 8.05. The predicted molar refractivity (Wildman–Crippen MR) is 126 cm³/mol. The van der Waals surface area contributed by atoms with Gasteiger partial charge in [0.1, 0.15) is 5.03 Å². The van der Waals surface area contributed by atoms with E-state index < -0.39 is 0 Å². The van der Waals surface area contributed by atoms with Crippen LogP contribution in [0.5, 0.6) is 0 Å². The Morgan fingerprint density at radius 3 is 2.39 bits per heavy atom. The van der Waals surface area contributed by atoms with Crippen LogP contribution in [0.4, 0.5) is 5.82 Å². The van der Waals surface area contributed by atoms with Crippen LogP contribution in [0.1, 0.15) is 25.0 Å². The summed E-state index contributed by atoms with van der Waals surface area (Å²) in [5.41, 5.74) is 3.99. The van der Waals surface area contributed by atoms with E-state index in [2.05, 4.69) is 43.1 Å². The molecule has 1 aliphatic heterocycles. The molecule has 2 aromatic carbocycles. The summed E-state index contributed by atoms with van der Waals surface area (Å²) in [5.74, 6) is 1.11. The van der Waals surface area contributed by atoms with Gasteiger partial charge in [-0.1, -0.05) is 53.7 Å². The van der Waals surface area contributed by atoms with Gasteiger partial charge in [0.25, 0.3) is 0 Å². The average molecular weight is 437 g/mol. The Morgan fingerprint density at radius 2 is 1.71 bits per heavy atom. The van der Waals surface area contributed by atoms with Crippen molar-refractivity contribution in [1.82, 2.24) is 15.3 Å². The number of fused-ring (bicyclic) bond motifs is 1. The average Bonchev–Trinajstić information content (AvgIpc) is 2.76. The highest BCUT2D eigenvalue weighted by molar-refractivity contribution is 8.00. The SMILES string of the molecule is Cc1ccc(CNC(=O)CSc2nc3ccccc3nc2N2C[C@H](C)O[C@@H](C)C2)cc1. The van der Waals surface area contributed by atoms with Crippen LogP contribution in [0, 0.1) is 6.92 Å². The lowest BCUT2D eigenvalue weighted by atomic mass is 10.1. The number of rotatable bonds is 6. The van der Waals surface area contributed by atoms with E-state index in [1.165, 1.54) is 17.3 Å². The standard InChI is InChI=1S/C24H28N4O2S/c1-16-8-10-19(11-9-16)12-25-22(29)15-31-24-23(28-13-17(2)30-18(3)14-28)26-20-6-4-5-7-21(20)27-24/h4-11,17-18H,12-15H2,1-3H3,(H,25,29)/t17-,18-/m0/s1. The van der Waals surface area contributed by atoms with E-state index in [0.29, 0.717) is 12.3 Å². The minimum Gasteiger partial charge on any atom is -0.372 e. The van der Waals surface area contributed by atoms with E-state index in [4.69, 9.17) is 14.7 Å². The van der Waals surface area contributed by atoms with Gasteiger partial charge >= 0.3 is 0 Å². The molecule has 1 aliphatic rings. The van der Waals surface area contributed by atoms with Crippen LogP contribution in [0.3, 0.4) is 0 Å². The zero-order valence-corrected chi connectivity index (χ0v) is 19.0. The van der Waals surface area contributed by atoms with Crippen LogP contribution >= 0.6 is 11.8 Å². The van der Waals surface area contributed by atoms with Crippen LogP contribution in [0.2, 0.25) is 0 Å². The quantitative estimate of drug-likeness (QED) is 0.590. The molecular formula is C24H28N4O2S. The van der Waals surface area contributed by atoms with Gasteiger partial charge in [-0.05, 0) is 38.5 Å². The van der Waals surface area contributed by atoms with E-state index in [9.17, 15) is 4.79 Å². The van der Waals surface area contributed by atoms with Crippen molar-refractivity contribution in [1.29, 1.82) is 0 Å². The van der Waals surface area contributed by atoms with Crippen molar-refractivity contribution in [2.45, 2.75) is 44.5 Å². The molecule has 2 heterocycles. The summed E-state index contributed by atoms with van der Waals surface area (Å²) in [6.45, 7) is 8.23. The minimum atomic E-state index is -0.0183. The van der Waals surface area contributed by atoms with E-state index in [0.717, 1.165) is 40.5 Å². The minimum absolute atomic E-state index is 0.0183. The van der Waals surface area contributed by atoms with Gasteiger partial charge in [-0.15, -0.1) is 0 Å². The van der Waals surface area contributed by atoms with Gasteiger partial charge in [-0.3, -0.25) is 4.79 Å². The molecule has 1 fully saturated rings. The van der Waals surface area contributed by atoms with Crippen molar-refractivity contribution < 1.29 is 9.53 Å². The van der Waals surface area contributed by atoms with Crippen molar-refractivity contribution in [3.63, 3.8) is 0 Å². The van der Waals surface area contributed by atoms with Crippen LogP contribution in [-0.4, -0.2) is 46.9 Å². The third-order valence-electron chi connectivity index (χ3n) is 5.19. The summed E-state index contributed by atoms with van der Waals surface area (Å²) in [4.78, 5) is 24.5. The maximum Gasteiger partial charge on any atom is 0.230 e. The fourth-order valence-corrected chi connectivity index (χ4v) is 4.56. The number of nitrogens with one attached hydrogen (secondary N) is 1. The number of ether oxygens (including phenoxy) is 1. The van der Waals surface area contributed by atoms with Crippen molar-refractivity contribution in [3.8, 4) is 0 Å². The number of hydrogen-bond acceptors (Lipinski definition) is 6. The Kier molecular flexibility index (Phi) is 6.73. The fourth-order valence-electron chi connectivity index (χ4n) is 3.72. The number of carbonyl (C=O) groups excluding carboxylic acids is 1. The molecule has 6 nitrogen and oxygen atoms in total. The molecule has 0 spiro atoms. The van der Waals surface area contributed by atoms with E-state index >= 15 is 0 Å². The molecule has 4 rings (SSSR count). The van der Waals surface area contributed by atoms with E-state index in [-0.39, 0.29) is 18.1 Å². The summed E-state index contributed by atoms with van der Waals surface area (Å²) < 4.78 is 5.88. The van der Waals surface area contributed by atoms with Crippen molar-refractivity contribution in [2.75, 3.05) is 23.7 Å². The van der Waals surface area contributed by atoms with Gasteiger partial charge in [-0.25, -0.2) is 9.97 Å². The first-order valence-corrected chi connectivity index (χ1v) is 11.6.